The number of methoxy groups -OCH3 is 1. The van der Waals surface area contributed by atoms with E-state index in [1.54, 1.807) is 26.0 Å². The van der Waals surface area contributed by atoms with Crippen LogP contribution in [-0.2, 0) is 4.74 Å². The maximum Gasteiger partial charge on any atom is 0.407 e. The van der Waals surface area contributed by atoms with E-state index in [0.717, 1.165) is 25.7 Å². The average Bonchev–Trinajstić information content (AvgIpc) is 3.24. The summed E-state index contributed by atoms with van der Waals surface area (Å²) in [6.45, 7) is 11.0. The molecule has 218 valence electrons. The Kier molecular flexibility index (Phi) is 8.18. The summed E-state index contributed by atoms with van der Waals surface area (Å²) in [4.78, 5) is 42.6. The predicted octanol–water partition coefficient (Wildman–Crippen LogP) is 5.61. The summed E-state index contributed by atoms with van der Waals surface area (Å²) in [5.41, 5.74) is 0.758. The van der Waals surface area contributed by atoms with Gasteiger partial charge in [-0.05, 0) is 82.3 Å². The minimum absolute atomic E-state index is 0.0219. The van der Waals surface area contributed by atoms with Gasteiger partial charge < -0.3 is 34.1 Å². The van der Waals surface area contributed by atoms with E-state index in [4.69, 9.17) is 18.9 Å². The van der Waals surface area contributed by atoms with Gasteiger partial charge in [-0.3, -0.25) is 9.59 Å². The van der Waals surface area contributed by atoms with E-state index in [-0.39, 0.29) is 23.6 Å². The molecule has 0 spiro atoms. The van der Waals surface area contributed by atoms with E-state index in [1.807, 2.05) is 27.7 Å². The number of amides is 2. The first-order valence-electron chi connectivity index (χ1n) is 13.4. The van der Waals surface area contributed by atoms with E-state index in [2.05, 4.69) is 26.2 Å². The summed E-state index contributed by atoms with van der Waals surface area (Å²) >= 11 is 3.56. The Balaban J connectivity index is 1.51. The van der Waals surface area contributed by atoms with Crippen molar-refractivity contribution in [3.05, 3.63) is 43.8 Å². The zero-order valence-electron chi connectivity index (χ0n) is 24.3. The molecule has 1 aliphatic carbocycles. The fourth-order valence-corrected chi connectivity index (χ4v) is 5.87. The minimum Gasteiger partial charge on any atom is -0.494 e. The first-order valence-corrected chi connectivity index (χ1v) is 14.2. The van der Waals surface area contributed by atoms with Crippen molar-refractivity contribution >= 4 is 33.6 Å². The quantitative estimate of drug-likeness (QED) is 0.446. The standard InChI is InChI=1S/C29H38BrN3O7/c1-15-13-21(37-8)22(25(34)31-15)33(7)26(35)19-14-20(30)24-23(16(19)2)38-29(6,39-24)17-9-11-18(12-10-17)32-27(36)40-28(3,4)5/h13-14,17-18H,9-12H2,1-8H3,(H,31,34)(H,32,36)/t17-,18-,29?. The lowest BCUT2D eigenvalue weighted by Gasteiger charge is -2.37. The number of hydrogen-bond donors (Lipinski definition) is 2. The van der Waals surface area contributed by atoms with Crippen LogP contribution in [0.2, 0.25) is 0 Å². The number of carbonyl (C=O) groups excluding carboxylic acids is 2. The second kappa shape index (κ2) is 11.0. The molecule has 10 nitrogen and oxygen atoms in total. The van der Waals surface area contributed by atoms with Gasteiger partial charge in [0.05, 0.1) is 11.6 Å². The number of halogens is 1. The molecule has 4 rings (SSSR count). The molecule has 1 atom stereocenters. The lowest BCUT2D eigenvalue weighted by Crippen LogP contribution is -2.48. The molecule has 1 unspecified atom stereocenters. The Morgan fingerprint density at radius 3 is 2.35 bits per heavy atom. The molecule has 2 aliphatic rings. The third-order valence-corrected chi connectivity index (χ3v) is 8.02. The van der Waals surface area contributed by atoms with E-state index in [1.165, 1.54) is 19.1 Å². The zero-order valence-corrected chi connectivity index (χ0v) is 25.9. The molecule has 0 radical (unpaired) electrons. The third kappa shape index (κ3) is 5.94. The van der Waals surface area contributed by atoms with Crippen LogP contribution in [0.25, 0.3) is 0 Å². The van der Waals surface area contributed by atoms with Gasteiger partial charge in [-0.1, -0.05) is 0 Å². The van der Waals surface area contributed by atoms with Gasteiger partial charge in [0.2, 0.25) is 0 Å². The maximum atomic E-state index is 13.7. The fraction of sp³-hybridized carbons (Fsp3) is 0.552. The number of fused-ring (bicyclic) bond motifs is 1. The second-order valence-corrected chi connectivity index (χ2v) is 12.5. The Morgan fingerprint density at radius 2 is 1.75 bits per heavy atom. The number of pyridine rings is 1. The molecule has 0 bridgehead atoms. The molecule has 11 heteroatoms. The Labute approximate surface area is 242 Å². The number of aromatic nitrogens is 1. The van der Waals surface area contributed by atoms with Crippen LogP contribution in [-0.4, -0.2) is 48.6 Å². The van der Waals surface area contributed by atoms with Crippen molar-refractivity contribution < 1.29 is 28.5 Å². The molecule has 1 saturated carbocycles. The fourth-order valence-electron chi connectivity index (χ4n) is 5.38. The molecule has 2 N–H and O–H groups in total. The van der Waals surface area contributed by atoms with Gasteiger partial charge in [-0.15, -0.1) is 0 Å². The van der Waals surface area contributed by atoms with Crippen LogP contribution in [0.3, 0.4) is 0 Å². The molecular weight excluding hydrogens is 582 g/mol. The first-order chi connectivity index (χ1) is 18.6. The van der Waals surface area contributed by atoms with E-state index in [9.17, 15) is 14.4 Å². The molecule has 1 aromatic carbocycles. The van der Waals surface area contributed by atoms with Crippen molar-refractivity contribution in [3.63, 3.8) is 0 Å². The Hall–Kier alpha value is -3.21. The number of aryl methyl sites for hydroxylation is 1. The molecular formula is C29H38BrN3O7. The molecule has 0 saturated heterocycles. The average molecular weight is 621 g/mol. The number of alkyl carbamates (subject to hydrolysis) is 1. The van der Waals surface area contributed by atoms with Crippen molar-refractivity contribution in [2.45, 2.75) is 84.7 Å². The highest BCUT2D eigenvalue weighted by Crippen LogP contribution is 2.51. The lowest BCUT2D eigenvalue weighted by molar-refractivity contribution is -0.121. The van der Waals surface area contributed by atoms with E-state index in [0.29, 0.717) is 38.5 Å². The van der Waals surface area contributed by atoms with Crippen LogP contribution in [0, 0.1) is 19.8 Å². The van der Waals surface area contributed by atoms with E-state index >= 15 is 0 Å². The van der Waals surface area contributed by atoms with Crippen LogP contribution in [0.5, 0.6) is 17.2 Å². The van der Waals surface area contributed by atoms with Crippen LogP contribution in [0.4, 0.5) is 10.5 Å². The number of benzene rings is 1. The summed E-state index contributed by atoms with van der Waals surface area (Å²) in [6, 6.07) is 3.39. The minimum atomic E-state index is -0.933. The van der Waals surface area contributed by atoms with Gasteiger partial charge in [-0.2, -0.15) is 0 Å². The number of nitrogens with one attached hydrogen (secondary N) is 2. The van der Waals surface area contributed by atoms with E-state index < -0.39 is 23.0 Å². The molecule has 2 aromatic rings. The van der Waals surface area contributed by atoms with Crippen molar-refractivity contribution in [1.82, 2.24) is 10.3 Å². The van der Waals surface area contributed by atoms with Crippen LogP contribution < -0.4 is 30.0 Å². The Morgan fingerprint density at radius 1 is 1.12 bits per heavy atom. The highest BCUT2D eigenvalue weighted by Gasteiger charge is 2.47. The van der Waals surface area contributed by atoms with Crippen LogP contribution in [0.1, 0.15) is 75.0 Å². The topological polar surface area (TPSA) is 119 Å². The number of nitrogens with zero attached hydrogens (tertiary/aromatic N) is 1. The number of hydrogen-bond acceptors (Lipinski definition) is 7. The molecule has 2 amide bonds. The van der Waals surface area contributed by atoms with Gasteiger partial charge in [0.1, 0.15) is 11.4 Å². The summed E-state index contributed by atoms with van der Waals surface area (Å²) in [6.07, 6.45) is 2.70. The molecule has 1 aromatic heterocycles. The SMILES string of the molecule is COc1cc(C)[nH]c(=O)c1N(C)C(=O)c1cc(Br)c2c(c1C)OC(C)([C@H]1CC[C@H](NC(=O)OC(C)(C)C)CC1)O2. The molecule has 2 heterocycles. The zero-order chi connectivity index (χ0) is 29.6. The number of rotatable bonds is 5. The number of carbonyl (C=O) groups is 2. The van der Waals surface area contributed by atoms with Gasteiger partial charge in [-0.25, -0.2) is 4.79 Å². The monoisotopic (exact) mass is 619 g/mol. The number of H-pyrrole nitrogens is 1. The van der Waals surface area contributed by atoms with Gasteiger partial charge >= 0.3 is 6.09 Å². The summed E-state index contributed by atoms with van der Waals surface area (Å²) in [5, 5.41) is 2.97. The van der Waals surface area contributed by atoms with Gasteiger partial charge in [0.25, 0.3) is 17.3 Å². The van der Waals surface area contributed by atoms with Crippen LogP contribution >= 0.6 is 15.9 Å². The highest BCUT2D eigenvalue weighted by molar-refractivity contribution is 9.10. The predicted molar refractivity (Wildman–Crippen MR) is 155 cm³/mol. The summed E-state index contributed by atoms with van der Waals surface area (Å²) in [7, 11) is 3.00. The normalized spacial score (nSPS) is 22.0. The molecule has 1 aliphatic heterocycles. The van der Waals surface area contributed by atoms with Gasteiger partial charge in [0.15, 0.2) is 17.2 Å². The smallest absolute Gasteiger partial charge is 0.407 e. The largest absolute Gasteiger partial charge is 0.494 e. The Bertz CT molecular complexity index is 1380. The van der Waals surface area contributed by atoms with Crippen molar-refractivity contribution in [1.29, 1.82) is 0 Å². The number of anilines is 1. The number of aromatic amines is 1. The highest BCUT2D eigenvalue weighted by atomic mass is 79.9. The van der Waals surface area contributed by atoms with Crippen molar-refractivity contribution in [3.8, 4) is 17.2 Å². The number of ether oxygens (including phenoxy) is 4. The van der Waals surface area contributed by atoms with Crippen LogP contribution in [0.15, 0.2) is 21.4 Å². The first kappa shape index (κ1) is 29.8. The molecule has 40 heavy (non-hydrogen) atoms. The second-order valence-electron chi connectivity index (χ2n) is 11.7. The van der Waals surface area contributed by atoms with Crippen molar-refractivity contribution in [2.24, 2.45) is 5.92 Å². The molecule has 1 fully saturated rings. The summed E-state index contributed by atoms with van der Waals surface area (Å²) in [5.74, 6) is 0.0853. The third-order valence-electron chi connectivity index (χ3n) is 7.43. The van der Waals surface area contributed by atoms with Gasteiger partial charge in [0, 0.05) is 48.8 Å². The maximum absolute atomic E-state index is 13.7. The summed E-state index contributed by atoms with van der Waals surface area (Å²) < 4.78 is 24.2. The van der Waals surface area contributed by atoms with Crippen molar-refractivity contribution in [2.75, 3.05) is 19.1 Å². The lowest BCUT2D eigenvalue weighted by atomic mass is 9.81.